The lowest BCUT2D eigenvalue weighted by Crippen LogP contribution is -2.31. The van der Waals surface area contributed by atoms with E-state index in [0.717, 1.165) is 6.42 Å². The third-order valence-corrected chi connectivity index (χ3v) is 5.13. The molecule has 7 heteroatoms. The second-order valence-electron chi connectivity index (χ2n) is 7.22. The molecule has 1 heterocycles. The van der Waals surface area contributed by atoms with E-state index in [2.05, 4.69) is 0 Å². The number of aliphatic hydroxyl groups is 2. The van der Waals surface area contributed by atoms with E-state index < -0.39 is 17.7 Å². The molecule has 1 unspecified atom stereocenters. The molecular formula is C24H27NO6. The first-order valence-corrected chi connectivity index (χ1v) is 10.3. The normalized spacial score (nSPS) is 17.8. The van der Waals surface area contributed by atoms with E-state index in [1.165, 1.54) is 4.90 Å². The molecule has 0 aromatic heterocycles. The van der Waals surface area contributed by atoms with Crippen molar-refractivity contribution in [2.24, 2.45) is 0 Å². The molecule has 1 atom stereocenters. The summed E-state index contributed by atoms with van der Waals surface area (Å²) >= 11 is 0. The Morgan fingerprint density at radius 3 is 2.26 bits per heavy atom. The van der Waals surface area contributed by atoms with Crippen molar-refractivity contribution in [2.75, 3.05) is 26.9 Å². The predicted octanol–water partition coefficient (Wildman–Crippen LogP) is 3.29. The molecule has 0 radical (unpaired) electrons. The number of likely N-dealkylation sites (tertiary alicyclic amines) is 1. The summed E-state index contributed by atoms with van der Waals surface area (Å²) in [6.07, 6.45) is 1.20. The van der Waals surface area contributed by atoms with Gasteiger partial charge in [-0.05, 0) is 54.8 Å². The maximum absolute atomic E-state index is 12.9. The Hall–Kier alpha value is -3.32. The molecular weight excluding hydrogens is 398 g/mol. The lowest BCUT2D eigenvalue weighted by atomic mass is 9.95. The van der Waals surface area contributed by atoms with Crippen molar-refractivity contribution in [3.63, 3.8) is 0 Å². The average Bonchev–Trinajstić information content (AvgIpc) is 3.06. The quantitative estimate of drug-likeness (QED) is 0.364. The lowest BCUT2D eigenvalue weighted by molar-refractivity contribution is -0.140. The van der Waals surface area contributed by atoms with Crippen molar-refractivity contribution < 1.29 is 29.3 Å². The largest absolute Gasteiger partial charge is 0.507 e. The Balaban J connectivity index is 2.04. The molecule has 164 valence electrons. The van der Waals surface area contributed by atoms with E-state index in [-0.39, 0.29) is 24.5 Å². The summed E-state index contributed by atoms with van der Waals surface area (Å²) in [6, 6.07) is 13.0. The number of aliphatic hydroxyl groups excluding tert-OH is 2. The number of hydrogen-bond donors (Lipinski definition) is 2. The van der Waals surface area contributed by atoms with Gasteiger partial charge in [0.1, 0.15) is 17.3 Å². The summed E-state index contributed by atoms with van der Waals surface area (Å²) in [5.41, 5.74) is 1.11. The molecule has 1 aliphatic rings. The number of ketones is 1. The zero-order chi connectivity index (χ0) is 22.4. The summed E-state index contributed by atoms with van der Waals surface area (Å²) in [5, 5.41) is 20.2. The van der Waals surface area contributed by atoms with Crippen LogP contribution >= 0.6 is 0 Å². The number of nitrogens with zero attached hydrogens (tertiary/aromatic N) is 1. The molecule has 1 saturated heterocycles. The van der Waals surface area contributed by atoms with Crippen molar-refractivity contribution in [1.82, 2.24) is 4.90 Å². The number of carbonyl (C=O) groups excluding carboxylic acids is 2. The van der Waals surface area contributed by atoms with Gasteiger partial charge in [0, 0.05) is 18.7 Å². The SMILES string of the molecule is CCCOc1ccc(/C(O)=C2\C(=O)C(=O)N(CCCO)C2c2ccc(OC)cc2)cc1. The van der Waals surface area contributed by atoms with Crippen LogP contribution in [0.2, 0.25) is 0 Å². The van der Waals surface area contributed by atoms with Gasteiger partial charge in [0.2, 0.25) is 0 Å². The van der Waals surface area contributed by atoms with Crippen LogP contribution in [0.25, 0.3) is 5.76 Å². The minimum absolute atomic E-state index is 0.0235. The van der Waals surface area contributed by atoms with E-state index >= 15 is 0 Å². The van der Waals surface area contributed by atoms with Crippen molar-refractivity contribution in [2.45, 2.75) is 25.8 Å². The van der Waals surface area contributed by atoms with Crippen molar-refractivity contribution in [3.8, 4) is 11.5 Å². The van der Waals surface area contributed by atoms with Gasteiger partial charge < -0.3 is 24.6 Å². The van der Waals surface area contributed by atoms with Crippen molar-refractivity contribution in [3.05, 3.63) is 65.2 Å². The van der Waals surface area contributed by atoms with Crippen LogP contribution in [-0.4, -0.2) is 53.7 Å². The zero-order valence-electron chi connectivity index (χ0n) is 17.7. The minimum Gasteiger partial charge on any atom is -0.507 e. The highest BCUT2D eigenvalue weighted by molar-refractivity contribution is 6.46. The number of amides is 1. The molecule has 0 saturated carbocycles. The molecule has 2 aromatic carbocycles. The first kappa shape index (κ1) is 22.4. The second kappa shape index (κ2) is 10.1. The molecule has 2 N–H and O–H groups in total. The van der Waals surface area contributed by atoms with Crippen LogP contribution in [0.1, 0.15) is 36.9 Å². The highest BCUT2D eigenvalue weighted by atomic mass is 16.5. The number of benzene rings is 2. The first-order chi connectivity index (χ1) is 15.0. The van der Waals surface area contributed by atoms with Crippen molar-refractivity contribution in [1.29, 1.82) is 0 Å². The Bertz CT molecular complexity index is 949. The van der Waals surface area contributed by atoms with Gasteiger partial charge in [-0.3, -0.25) is 9.59 Å². The third-order valence-electron chi connectivity index (χ3n) is 5.13. The van der Waals surface area contributed by atoms with E-state index in [9.17, 15) is 19.8 Å². The minimum atomic E-state index is -0.756. The van der Waals surface area contributed by atoms with Crippen LogP contribution in [0.5, 0.6) is 11.5 Å². The van der Waals surface area contributed by atoms with Gasteiger partial charge in [-0.1, -0.05) is 19.1 Å². The molecule has 31 heavy (non-hydrogen) atoms. The smallest absolute Gasteiger partial charge is 0.295 e. The van der Waals surface area contributed by atoms with Gasteiger partial charge >= 0.3 is 0 Å². The molecule has 2 aromatic rings. The van der Waals surface area contributed by atoms with Crippen LogP contribution in [-0.2, 0) is 9.59 Å². The molecule has 0 bridgehead atoms. The molecule has 0 spiro atoms. The van der Waals surface area contributed by atoms with Crippen LogP contribution in [0, 0.1) is 0 Å². The second-order valence-corrected chi connectivity index (χ2v) is 7.22. The van der Waals surface area contributed by atoms with Gasteiger partial charge in [-0.15, -0.1) is 0 Å². The molecule has 1 fully saturated rings. The number of hydrogen-bond acceptors (Lipinski definition) is 6. The van der Waals surface area contributed by atoms with Crippen LogP contribution in [0.4, 0.5) is 0 Å². The molecule has 0 aliphatic carbocycles. The Morgan fingerprint density at radius 1 is 1.03 bits per heavy atom. The lowest BCUT2D eigenvalue weighted by Gasteiger charge is -2.25. The van der Waals surface area contributed by atoms with Gasteiger partial charge in [0.15, 0.2) is 0 Å². The third kappa shape index (κ3) is 4.72. The Kier molecular flexibility index (Phi) is 7.31. The molecule has 7 nitrogen and oxygen atoms in total. The summed E-state index contributed by atoms with van der Waals surface area (Å²) in [6.45, 7) is 2.67. The highest BCUT2D eigenvalue weighted by Crippen LogP contribution is 2.40. The van der Waals surface area contributed by atoms with Crippen LogP contribution in [0.15, 0.2) is 54.1 Å². The van der Waals surface area contributed by atoms with E-state index in [4.69, 9.17) is 9.47 Å². The summed E-state index contributed by atoms with van der Waals surface area (Å²) in [5.74, 6) is -0.388. The maximum Gasteiger partial charge on any atom is 0.295 e. The van der Waals surface area contributed by atoms with Gasteiger partial charge in [0.25, 0.3) is 11.7 Å². The number of ether oxygens (including phenoxy) is 2. The highest BCUT2D eigenvalue weighted by Gasteiger charge is 2.45. The summed E-state index contributed by atoms with van der Waals surface area (Å²) in [4.78, 5) is 27.0. The summed E-state index contributed by atoms with van der Waals surface area (Å²) in [7, 11) is 1.55. The van der Waals surface area contributed by atoms with Crippen LogP contribution < -0.4 is 9.47 Å². The molecule has 1 amide bonds. The Morgan fingerprint density at radius 2 is 1.68 bits per heavy atom. The van der Waals surface area contributed by atoms with Crippen molar-refractivity contribution >= 4 is 17.4 Å². The fourth-order valence-corrected chi connectivity index (χ4v) is 3.57. The van der Waals surface area contributed by atoms with Gasteiger partial charge in [0.05, 0.1) is 25.3 Å². The fourth-order valence-electron chi connectivity index (χ4n) is 3.57. The molecule has 1 aliphatic heterocycles. The topological polar surface area (TPSA) is 96.3 Å². The van der Waals surface area contributed by atoms with E-state index in [1.54, 1.807) is 55.6 Å². The predicted molar refractivity (Wildman–Crippen MR) is 116 cm³/mol. The van der Waals surface area contributed by atoms with E-state index in [0.29, 0.717) is 35.7 Å². The first-order valence-electron chi connectivity index (χ1n) is 10.3. The number of Topliss-reactive ketones (excluding diaryl/α,β-unsaturated/α-hetero) is 1. The monoisotopic (exact) mass is 425 g/mol. The molecule has 3 rings (SSSR count). The number of rotatable bonds is 9. The Labute approximate surface area is 181 Å². The number of carbonyl (C=O) groups is 2. The maximum atomic E-state index is 12.9. The standard InChI is InChI=1S/C24H27NO6/c1-3-15-31-19-11-7-17(8-12-19)22(27)20-21(16-5-9-18(30-2)10-6-16)25(13-4-14-26)24(29)23(20)28/h5-12,21,26-27H,3-4,13-15H2,1-2H3/b22-20+. The fraction of sp³-hybridized carbons (Fsp3) is 0.333. The number of methoxy groups -OCH3 is 1. The van der Waals surface area contributed by atoms with Gasteiger partial charge in [-0.2, -0.15) is 0 Å². The summed E-state index contributed by atoms with van der Waals surface area (Å²) < 4.78 is 10.8. The zero-order valence-corrected chi connectivity index (χ0v) is 17.7. The van der Waals surface area contributed by atoms with Crippen LogP contribution in [0.3, 0.4) is 0 Å². The average molecular weight is 425 g/mol. The van der Waals surface area contributed by atoms with Gasteiger partial charge in [-0.25, -0.2) is 0 Å². The van der Waals surface area contributed by atoms with E-state index in [1.807, 2.05) is 6.92 Å².